The highest BCUT2D eigenvalue weighted by Gasteiger charge is 2.30. The Labute approximate surface area is 108 Å². The molecule has 1 aromatic carbocycles. The number of ether oxygens (including phenoxy) is 1. The molecule has 1 heterocycles. The lowest BCUT2D eigenvalue weighted by molar-refractivity contribution is -0.137. The summed E-state index contributed by atoms with van der Waals surface area (Å²) in [5, 5.41) is 2.72. The van der Waals surface area contributed by atoms with Gasteiger partial charge in [0.25, 0.3) is 0 Å². The van der Waals surface area contributed by atoms with E-state index < -0.39 is 11.7 Å². The van der Waals surface area contributed by atoms with Crippen molar-refractivity contribution in [3.63, 3.8) is 0 Å². The van der Waals surface area contributed by atoms with Crippen molar-refractivity contribution >= 4 is 5.91 Å². The van der Waals surface area contributed by atoms with Crippen LogP contribution >= 0.6 is 0 Å². The maximum atomic E-state index is 12.3. The molecule has 0 bridgehead atoms. The predicted molar refractivity (Wildman–Crippen MR) is 62.7 cm³/mol. The van der Waals surface area contributed by atoms with Gasteiger partial charge in [-0.05, 0) is 37.1 Å². The molecule has 104 valence electrons. The second kappa shape index (κ2) is 5.50. The van der Waals surface area contributed by atoms with E-state index in [1.54, 1.807) is 0 Å². The van der Waals surface area contributed by atoms with Crippen LogP contribution in [0.15, 0.2) is 24.3 Å². The molecule has 6 heteroatoms. The van der Waals surface area contributed by atoms with E-state index >= 15 is 0 Å². The lowest BCUT2D eigenvalue weighted by atomic mass is 10.1. The number of benzene rings is 1. The van der Waals surface area contributed by atoms with Crippen molar-refractivity contribution in [1.29, 1.82) is 0 Å². The lowest BCUT2D eigenvalue weighted by Crippen LogP contribution is -2.20. The summed E-state index contributed by atoms with van der Waals surface area (Å²) in [5.41, 5.74) is -0.699. The first kappa shape index (κ1) is 13.7. The fourth-order valence-electron chi connectivity index (χ4n) is 1.98. The largest absolute Gasteiger partial charge is 0.494 e. The maximum Gasteiger partial charge on any atom is 0.416 e. The number of carbonyl (C=O) groups excluding carboxylic acids is 1. The minimum atomic E-state index is -4.33. The second-order valence-corrected chi connectivity index (χ2v) is 4.44. The van der Waals surface area contributed by atoms with E-state index in [1.807, 2.05) is 0 Å². The van der Waals surface area contributed by atoms with Crippen molar-refractivity contribution in [3.8, 4) is 5.75 Å². The first-order valence-electron chi connectivity index (χ1n) is 6.04. The molecule has 1 unspecified atom stereocenters. The molecule has 1 saturated heterocycles. The maximum absolute atomic E-state index is 12.3. The second-order valence-electron chi connectivity index (χ2n) is 4.44. The molecule has 1 aliphatic rings. The average molecular weight is 273 g/mol. The molecule has 1 fully saturated rings. The Bertz CT molecular complexity index is 442. The van der Waals surface area contributed by atoms with E-state index in [4.69, 9.17) is 4.74 Å². The highest BCUT2D eigenvalue weighted by molar-refractivity contribution is 5.80. The van der Waals surface area contributed by atoms with Crippen LogP contribution in [0.4, 0.5) is 13.2 Å². The average Bonchev–Trinajstić information content (AvgIpc) is 2.75. The number of halogens is 3. The molecular formula is C13H14F3NO2. The zero-order valence-corrected chi connectivity index (χ0v) is 10.2. The van der Waals surface area contributed by atoms with Crippen LogP contribution in [0.1, 0.15) is 18.4 Å². The van der Waals surface area contributed by atoms with Crippen LogP contribution in [-0.2, 0) is 11.0 Å². The van der Waals surface area contributed by atoms with E-state index in [-0.39, 0.29) is 11.8 Å². The summed E-state index contributed by atoms with van der Waals surface area (Å²) in [5.74, 6) is 0.358. The number of carbonyl (C=O) groups is 1. The number of alkyl halides is 3. The molecule has 1 aromatic rings. The fourth-order valence-corrected chi connectivity index (χ4v) is 1.98. The SMILES string of the molecule is O=C1NCCC1CCOc1ccc(C(F)(F)F)cc1. The van der Waals surface area contributed by atoms with E-state index in [0.717, 1.165) is 18.6 Å². The van der Waals surface area contributed by atoms with Gasteiger partial charge < -0.3 is 10.1 Å². The monoisotopic (exact) mass is 273 g/mol. The summed E-state index contributed by atoms with van der Waals surface area (Å²) in [6.07, 6.45) is -2.97. The smallest absolute Gasteiger partial charge is 0.416 e. The number of hydrogen-bond acceptors (Lipinski definition) is 2. The standard InChI is InChI=1S/C13H14F3NO2/c14-13(15,16)10-1-3-11(4-2-10)19-8-6-9-5-7-17-12(9)18/h1-4,9H,5-8H2,(H,17,18). The first-order chi connectivity index (χ1) is 8.97. The summed E-state index contributed by atoms with van der Waals surface area (Å²) in [4.78, 5) is 11.3. The van der Waals surface area contributed by atoms with Crippen LogP contribution in [0.3, 0.4) is 0 Å². The van der Waals surface area contributed by atoms with Gasteiger partial charge in [-0.3, -0.25) is 4.79 Å². The van der Waals surface area contributed by atoms with Gasteiger partial charge in [0.05, 0.1) is 12.2 Å². The van der Waals surface area contributed by atoms with Crippen LogP contribution in [0, 0.1) is 5.92 Å². The molecular weight excluding hydrogens is 259 g/mol. The van der Waals surface area contributed by atoms with Gasteiger partial charge >= 0.3 is 6.18 Å². The summed E-state index contributed by atoms with van der Waals surface area (Å²) in [7, 11) is 0. The Kier molecular flexibility index (Phi) is 3.97. The fraction of sp³-hybridized carbons (Fsp3) is 0.462. The molecule has 0 aromatic heterocycles. The van der Waals surface area contributed by atoms with Gasteiger partial charge in [-0.2, -0.15) is 13.2 Å². The van der Waals surface area contributed by atoms with Crippen molar-refractivity contribution in [1.82, 2.24) is 5.32 Å². The van der Waals surface area contributed by atoms with Crippen LogP contribution in [0.2, 0.25) is 0 Å². The Morgan fingerprint density at radius 2 is 1.95 bits per heavy atom. The van der Waals surface area contributed by atoms with Gasteiger partial charge in [0.15, 0.2) is 0 Å². The third-order valence-electron chi connectivity index (χ3n) is 3.08. The highest BCUT2D eigenvalue weighted by atomic mass is 19.4. The van der Waals surface area contributed by atoms with Crippen molar-refractivity contribution < 1.29 is 22.7 Å². The molecule has 0 radical (unpaired) electrons. The van der Waals surface area contributed by atoms with Gasteiger partial charge in [0, 0.05) is 12.5 Å². The molecule has 1 amide bonds. The van der Waals surface area contributed by atoms with Crippen LogP contribution in [0.5, 0.6) is 5.75 Å². The number of nitrogens with one attached hydrogen (secondary N) is 1. The molecule has 19 heavy (non-hydrogen) atoms. The summed E-state index contributed by atoms with van der Waals surface area (Å²) in [6.45, 7) is 1.01. The third kappa shape index (κ3) is 3.62. The van der Waals surface area contributed by atoms with Gasteiger partial charge in [-0.15, -0.1) is 0 Å². The molecule has 0 spiro atoms. The number of rotatable bonds is 4. The van der Waals surface area contributed by atoms with E-state index in [0.29, 0.717) is 25.3 Å². The normalized spacial score (nSPS) is 19.3. The predicted octanol–water partition coefficient (Wildman–Crippen LogP) is 2.61. The molecule has 2 rings (SSSR count). The van der Waals surface area contributed by atoms with Crippen molar-refractivity contribution in [2.75, 3.05) is 13.2 Å². The summed E-state index contributed by atoms with van der Waals surface area (Å²) in [6, 6.07) is 4.55. The van der Waals surface area contributed by atoms with Gasteiger partial charge in [0.1, 0.15) is 5.75 Å². The molecule has 1 atom stereocenters. The van der Waals surface area contributed by atoms with E-state index in [9.17, 15) is 18.0 Å². The minimum absolute atomic E-state index is 0.0241. The lowest BCUT2D eigenvalue weighted by Gasteiger charge is -2.10. The molecule has 1 N–H and O–H groups in total. The van der Waals surface area contributed by atoms with Gasteiger partial charge in [0.2, 0.25) is 5.91 Å². The van der Waals surface area contributed by atoms with Crippen molar-refractivity contribution in [2.45, 2.75) is 19.0 Å². The molecule has 3 nitrogen and oxygen atoms in total. The van der Waals surface area contributed by atoms with Crippen LogP contribution < -0.4 is 10.1 Å². The van der Waals surface area contributed by atoms with Gasteiger partial charge in [-0.1, -0.05) is 0 Å². The minimum Gasteiger partial charge on any atom is -0.494 e. The highest BCUT2D eigenvalue weighted by Crippen LogP contribution is 2.30. The quantitative estimate of drug-likeness (QED) is 0.915. The topological polar surface area (TPSA) is 38.3 Å². The van der Waals surface area contributed by atoms with E-state index in [2.05, 4.69) is 5.32 Å². The molecule has 1 aliphatic heterocycles. The zero-order valence-electron chi connectivity index (χ0n) is 10.2. The number of amides is 1. The Hall–Kier alpha value is -1.72. The third-order valence-corrected chi connectivity index (χ3v) is 3.08. The first-order valence-corrected chi connectivity index (χ1v) is 6.04. The number of hydrogen-bond donors (Lipinski definition) is 1. The van der Waals surface area contributed by atoms with Gasteiger partial charge in [-0.25, -0.2) is 0 Å². The van der Waals surface area contributed by atoms with Crippen LogP contribution in [-0.4, -0.2) is 19.1 Å². The van der Waals surface area contributed by atoms with Crippen molar-refractivity contribution in [2.24, 2.45) is 5.92 Å². The van der Waals surface area contributed by atoms with Crippen LogP contribution in [0.25, 0.3) is 0 Å². The Morgan fingerprint density at radius 1 is 1.26 bits per heavy atom. The molecule has 0 aliphatic carbocycles. The Morgan fingerprint density at radius 3 is 2.47 bits per heavy atom. The van der Waals surface area contributed by atoms with E-state index in [1.165, 1.54) is 12.1 Å². The Balaban J connectivity index is 1.82. The zero-order chi connectivity index (χ0) is 13.9. The summed E-state index contributed by atoms with van der Waals surface area (Å²) < 4.78 is 42.3. The molecule has 0 saturated carbocycles. The van der Waals surface area contributed by atoms with Crippen molar-refractivity contribution in [3.05, 3.63) is 29.8 Å². The summed E-state index contributed by atoms with van der Waals surface area (Å²) >= 11 is 0.